The number of hydrogen-bond donors (Lipinski definition) is 0. The topological polar surface area (TPSA) is 67.7 Å². The molecule has 0 bridgehead atoms. The van der Waals surface area contributed by atoms with Gasteiger partial charge in [0.15, 0.2) is 0 Å². The van der Waals surface area contributed by atoms with Crippen LogP contribution >= 0.6 is 11.3 Å². The second kappa shape index (κ2) is 9.46. The maximum absolute atomic E-state index is 13.2. The van der Waals surface area contributed by atoms with Crippen molar-refractivity contribution in [2.45, 2.75) is 13.2 Å². The van der Waals surface area contributed by atoms with Gasteiger partial charge in [-0.2, -0.15) is 0 Å². The van der Waals surface area contributed by atoms with Gasteiger partial charge in [0.2, 0.25) is 5.91 Å². The van der Waals surface area contributed by atoms with Gasteiger partial charge in [-0.15, -0.1) is 11.3 Å². The summed E-state index contributed by atoms with van der Waals surface area (Å²) in [6, 6.07) is 21.1. The van der Waals surface area contributed by atoms with Crippen LogP contribution in [-0.4, -0.2) is 57.3 Å². The van der Waals surface area contributed by atoms with Crippen LogP contribution < -0.4 is 4.74 Å². The number of piperazine rings is 1. The van der Waals surface area contributed by atoms with Crippen LogP contribution in [0.4, 0.5) is 0 Å². The highest BCUT2D eigenvalue weighted by Crippen LogP contribution is 2.19. The van der Waals surface area contributed by atoms with E-state index in [0.29, 0.717) is 32.0 Å². The minimum atomic E-state index is 0.0161. The first-order valence-corrected chi connectivity index (χ1v) is 11.8. The van der Waals surface area contributed by atoms with E-state index in [0.717, 1.165) is 21.7 Å². The Bertz CT molecular complexity index is 1250. The highest BCUT2D eigenvalue weighted by molar-refractivity contribution is 7.12. The predicted octanol–water partition coefficient (Wildman–Crippen LogP) is 3.66. The van der Waals surface area contributed by atoms with Crippen LogP contribution in [-0.2, 0) is 17.9 Å². The van der Waals surface area contributed by atoms with Gasteiger partial charge >= 0.3 is 0 Å². The van der Waals surface area contributed by atoms with E-state index in [1.54, 1.807) is 0 Å². The van der Waals surface area contributed by atoms with Crippen molar-refractivity contribution in [3.8, 4) is 5.75 Å². The van der Waals surface area contributed by atoms with E-state index in [-0.39, 0.29) is 25.0 Å². The maximum Gasteiger partial charge on any atom is 0.264 e. The fourth-order valence-electron chi connectivity index (χ4n) is 4.03. The van der Waals surface area contributed by atoms with Crippen molar-refractivity contribution < 1.29 is 14.3 Å². The number of aromatic nitrogens is 2. The van der Waals surface area contributed by atoms with Crippen LogP contribution in [0.2, 0.25) is 0 Å². The first kappa shape index (κ1) is 21.2. The molecule has 0 atom stereocenters. The van der Waals surface area contributed by atoms with E-state index in [4.69, 9.17) is 9.72 Å². The second-order valence-corrected chi connectivity index (χ2v) is 8.80. The lowest BCUT2D eigenvalue weighted by atomic mass is 10.2. The number of ether oxygens (including phenoxy) is 1. The zero-order valence-electron chi connectivity index (χ0n) is 18.1. The summed E-state index contributed by atoms with van der Waals surface area (Å²) >= 11 is 1.45. The number of hydrogen-bond acceptors (Lipinski definition) is 5. The Balaban J connectivity index is 1.27. The monoisotopic (exact) mass is 460 g/mol. The molecule has 168 valence electrons. The molecule has 0 radical (unpaired) electrons. The second-order valence-electron chi connectivity index (χ2n) is 7.85. The Morgan fingerprint density at radius 2 is 1.61 bits per heavy atom. The van der Waals surface area contributed by atoms with Gasteiger partial charge in [-0.1, -0.05) is 36.4 Å². The zero-order valence-corrected chi connectivity index (χ0v) is 18.9. The molecule has 0 unspecified atom stereocenters. The molecule has 8 heteroatoms. The number of carbonyl (C=O) groups excluding carboxylic acids is 2. The molecule has 1 fully saturated rings. The Morgan fingerprint density at radius 3 is 2.36 bits per heavy atom. The van der Waals surface area contributed by atoms with Gasteiger partial charge in [-0.05, 0) is 35.7 Å². The van der Waals surface area contributed by atoms with Gasteiger partial charge in [-0.25, -0.2) is 4.98 Å². The van der Waals surface area contributed by atoms with Crippen LogP contribution in [0.25, 0.3) is 11.0 Å². The number of carbonyl (C=O) groups is 2. The summed E-state index contributed by atoms with van der Waals surface area (Å²) in [5.74, 6) is 1.52. The number of benzene rings is 2. The number of fused-ring (bicyclic) bond motifs is 1. The molecule has 2 amide bonds. The summed E-state index contributed by atoms with van der Waals surface area (Å²) in [5, 5.41) is 1.90. The van der Waals surface area contributed by atoms with Crippen molar-refractivity contribution in [2.75, 3.05) is 26.2 Å². The first-order chi connectivity index (χ1) is 16.2. The van der Waals surface area contributed by atoms with Crippen LogP contribution in [0.1, 0.15) is 15.5 Å². The van der Waals surface area contributed by atoms with Gasteiger partial charge < -0.3 is 19.1 Å². The van der Waals surface area contributed by atoms with E-state index in [9.17, 15) is 9.59 Å². The van der Waals surface area contributed by atoms with Gasteiger partial charge in [0.05, 0.1) is 15.9 Å². The Kier molecular flexibility index (Phi) is 6.08. The molecule has 1 aliphatic rings. The lowest BCUT2D eigenvalue weighted by molar-refractivity contribution is -0.133. The Morgan fingerprint density at radius 1 is 0.879 bits per heavy atom. The average molecular weight is 461 g/mol. The minimum Gasteiger partial charge on any atom is -0.486 e. The lowest BCUT2D eigenvalue weighted by Crippen LogP contribution is -2.51. The molecular formula is C25H24N4O3S. The third kappa shape index (κ3) is 4.61. The molecule has 33 heavy (non-hydrogen) atoms. The van der Waals surface area contributed by atoms with Crippen molar-refractivity contribution in [2.24, 2.45) is 0 Å². The van der Waals surface area contributed by atoms with Crippen LogP contribution in [0.5, 0.6) is 5.75 Å². The largest absolute Gasteiger partial charge is 0.486 e. The smallest absolute Gasteiger partial charge is 0.264 e. The fraction of sp³-hybridized carbons (Fsp3) is 0.240. The molecule has 5 rings (SSSR count). The van der Waals surface area contributed by atoms with Crippen molar-refractivity contribution in [1.82, 2.24) is 19.4 Å². The van der Waals surface area contributed by atoms with E-state index in [2.05, 4.69) is 0 Å². The summed E-state index contributed by atoms with van der Waals surface area (Å²) in [6.45, 7) is 2.59. The normalized spacial score (nSPS) is 13.9. The first-order valence-electron chi connectivity index (χ1n) is 10.9. The summed E-state index contributed by atoms with van der Waals surface area (Å²) in [4.78, 5) is 34.8. The number of rotatable bonds is 6. The molecule has 4 aromatic rings. The van der Waals surface area contributed by atoms with Crippen molar-refractivity contribution in [1.29, 1.82) is 0 Å². The van der Waals surface area contributed by atoms with Crippen molar-refractivity contribution in [3.05, 3.63) is 82.8 Å². The zero-order chi connectivity index (χ0) is 22.6. The van der Waals surface area contributed by atoms with Crippen LogP contribution in [0, 0.1) is 0 Å². The molecule has 2 aromatic heterocycles. The summed E-state index contributed by atoms with van der Waals surface area (Å²) in [6.07, 6.45) is 0. The van der Waals surface area contributed by atoms with Gasteiger partial charge in [0, 0.05) is 26.2 Å². The standard InChI is InChI=1S/C25H24N4O3S/c30-24(27-12-14-28(15-13-27)25(31)22-11-6-16-33-22)17-29-21-10-5-4-9-20(21)26-23(29)18-32-19-7-2-1-3-8-19/h1-11,16H,12-15,17-18H2. The third-order valence-electron chi connectivity index (χ3n) is 5.79. The quantitative estimate of drug-likeness (QED) is 0.440. The maximum atomic E-state index is 13.2. The molecule has 0 N–H and O–H groups in total. The van der Waals surface area contributed by atoms with E-state index in [1.807, 2.05) is 86.5 Å². The third-order valence-corrected chi connectivity index (χ3v) is 6.65. The van der Waals surface area contributed by atoms with Crippen molar-refractivity contribution in [3.63, 3.8) is 0 Å². The number of nitrogens with zero attached hydrogens (tertiary/aromatic N) is 4. The Labute approximate surface area is 195 Å². The van der Waals surface area contributed by atoms with Crippen LogP contribution in [0.3, 0.4) is 0 Å². The summed E-state index contributed by atoms with van der Waals surface area (Å²) < 4.78 is 7.85. The number of imidazole rings is 1. The van der Waals surface area contributed by atoms with Gasteiger partial charge in [0.25, 0.3) is 5.91 Å². The highest BCUT2D eigenvalue weighted by atomic mass is 32.1. The average Bonchev–Trinajstić information content (AvgIpc) is 3.52. The minimum absolute atomic E-state index is 0.0161. The Hall–Kier alpha value is -3.65. The molecule has 0 saturated carbocycles. The molecule has 2 aromatic carbocycles. The van der Waals surface area contributed by atoms with Crippen LogP contribution in [0.15, 0.2) is 72.1 Å². The molecule has 7 nitrogen and oxygen atoms in total. The summed E-state index contributed by atoms with van der Waals surface area (Å²) in [5.41, 5.74) is 1.74. The van der Waals surface area contributed by atoms with E-state index in [1.165, 1.54) is 11.3 Å². The van der Waals surface area contributed by atoms with Gasteiger partial charge in [-0.3, -0.25) is 9.59 Å². The predicted molar refractivity (Wildman–Crippen MR) is 127 cm³/mol. The number of para-hydroxylation sites is 3. The van der Waals surface area contributed by atoms with E-state index < -0.39 is 0 Å². The fourth-order valence-corrected chi connectivity index (χ4v) is 4.72. The molecule has 3 heterocycles. The molecule has 1 saturated heterocycles. The van der Waals surface area contributed by atoms with E-state index >= 15 is 0 Å². The molecule has 1 aliphatic heterocycles. The van der Waals surface area contributed by atoms with Gasteiger partial charge in [0.1, 0.15) is 24.7 Å². The lowest BCUT2D eigenvalue weighted by Gasteiger charge is -2.34. The molecule has 0 aliphatic carbocycles. The SMILES string of the molecule is O=C(Cn1c(COc2ccccc2)nc2ccccc21)N1CCN(C(=O)c2cccs2)CC1. The summed E-state index contributed by atoms with van der Waals surface area (Å²) in [7, 11) is 0. The molecule has 0 spiro atoms. The number of thiophene rings is 1. The molecular weight excluding hydrogens is 436 g/mol. The highest BCUT2D eigenvalue weighted by Gasteiger charge is 2.26. The van der Waals surface area contributed by atoms with Crippen molar-refractivity contribution >= 4 is 34.2 Å². The number of amides is 2.